The first-order chi connectivity index (χ1) is 12.8. The lowest BCUT2D eigenvalue weighted by Gasteiger charge is -2.17. The van der Waals surface area contributed by atoms with Gasteiger partial charge < -0.3 is 0 Å². The molecule has 0 radical (unpaired) electrons. The molecular weight excluding hydrogens is 312 g/mol. The Kier molecular flexibility index (Phi) is 2.93. The lowest BCUT2D eigenvalue weighted by atomic mass is 9.88. The normalized spacial score (nSPS) is 14.3. The number of benzene rings is 5. The molecule has 5 aromatic carbocycles. The summed E-state index contributed by atoms with van der Waals surface area (Å²) in [6.45, 7) is 0. The summed E-state index contributed by atoms with van der Waals surface area (Å²) in [5.41, 5.74) is 3.13. The van der Waals surface area contributed by atoms with Crippen LogP contribution < -0.4 is 0 Å². The lowest BCUT2D eigenvalue weighted by molar-refractivity contribution is 0.687. The number of rotatable bonds is 0. The van der Waals surface area contributed by atoms with Crippen LogP contribution >= 0.6 is 0 Å². The van der Waals surface area contributed by atoms with Crippen LogP contribution in [-0.4, -0.2) is 0 Å². The Labute approximate surface area is 153 Å². The molecule has 26 heavy (non-hydrogen) atoms. The van der Waals surface area contributed by atoms with Crippen molar-refractivity contribution in [1.82, 2.24) is 0 Å². The van der Waals surface area contributed by atoms with Crippen LogP contribution in [0.2, 0.25) is 0 Å². The van der Waals surface area contributed by atoms with Gasteiger partial charge in [-0.3, -0.25) is 0 Å². The highest BCUT2D eigenvalue weighted by molar-refractivity contribution is 6.08. The van der Waals surface area contributed by atoms with E-state index in [9.17, 15) is 0 Å². The minimum Gasteiger partial charge on any atom is -0.0616 e. The van der Waals surface area contributed by atoms with Crippen molar-refractivity contribution < 1.29 is 0 Å². The Morgan fingerprint density at radius 1 is 0.385 bits per heavy atom. The summed E-state index contributed by atoms with van der Waals surface area (Å²) in [6.07, 6.45) is 5.16. The summed E-state index contributed by atoms with van der Waals surface area (Å²) < 4.78 is 0. The van der Waals surface area contributed by atoms with E-state index >= 15 is 0 Å². The Morgan fingerprint density at radius 2 is 0.731 bits per heavy atom. The van der Waals surface area contributed by atoms with Gasteiger partial charge in [0, 0.05) is 0 Å². The van der Waals surface area contributed by atoms with Crippen molar-refractivity contribution >= 4 is 43.1 Å². The number of fused-ring (bicyclic) bond motifs is 5. The van der Waals surface area contributed by atoms with Gasteiger partial charge >= 0.3 is 0 Å². The maximum Gasteiger partial charge on any atom is -0.0171 e. The molecule has 0 saturated carbocycles. The minimum atomic E-state index is 1.24. The molecule has 5 aromatic rings. The van der Waals surface area contributed by atoms with Gasteiger partial charge in [-0.25, -0.2) is 0 Å². The molecule has 0 amide bonds. The van der Waals surface area contributed by atoms with E-state index < -0.39 is 0 Å². The molecule has 0 aliphatic heterocycles. The van der Waals surface area contributed by atoms with Crippen LogP contribution in [0.25, 0.3) is 43.1 Å². The fourth-order valence-electron chi connectivity index (χ4n) is 4.69. The van der Waals surface area contributed by atoms with Gasteiger partial charge in [0.15, 0.2) is 0 Å². The first kappa shape index (κ1) is 14.3. The third-order valence-corrected chi connectivity index (χ3v) is 6.08. The SMILES string of the molecule is c1ccc2cc3cc4cc5cc6c(cc5cc4cc3cc2c1)CCCC6. The van der Waals surface area contributed by atoms with Gasteiger partial charge in [-0.15, -0.1) is 0 Å². The third-order valence-electron chi connectivity index (χ3n) is 6.08. The van der Waals surface area contributed by atoms with Crippen LogP contribution in [0.3, 0.4) is 0 Å². The van der Waals surface area contributed by atoms with E-state index in [0.29, 0.717) is 0 Å². The number of hydrogen-bond donors (Lipinski definition) is 0. The molecule has 1 aliphatic carbocycles. The van der Waals surface area contributed by atoms with Crippen LogP contribution in [0.4, 0.5) is 0 Å². The third kappa shape index (κ3) is 2.15. The summed E-state index contributed by atoms with van der Waals surface area (Å²) in [7, 11) is 0. The summed E-state index contributed by atoms with van der Waals surface area (Å²) in [6, 6.07) is 27.6. The van der Waals surface area contributed by atoms with Crippen molar-refractivity contribution in [3.8, 4) is 0 Å². The Morgan fingerprint density at radius 3 is 1.15 bits per heavy atom. The van der Waals surface area contributed by atoms with Crippen molar-refractivity contribution in [1.29, 1.82) is 0 Å². The minimum absolute atomic E-state index is 1.24. The van der Waals surface area contributed by atoms with E-state index in [1.165, 1.54) is 68.8 Å². The van der Waals surface area contributed by atoms with Crippen LogP contribution in [0.15, 0.2) is 72.8 Å². The average Bonchev–Trinajstić information content (AvgIpc) is 2.67. The topological polar surface area (TPSA) is 0 Å². The molecule has 1 aliphatic rings. The standard InChI is InChI=1S/C26H20/c1-2-6-18-10-22-14-26-16-24-12-20-8-4-3-7-19(20)11-23(24)15-25(26)13-21(22)9-17(18)5-1/h1-2,5-6,9-16H,3-4,7-8H2. The summed E-state index contributed by atoms with van der Waals surface area (Å²) in [5.74, 6) is 0. The highest BCUT2D eigenvalue weighted by Gasteiger charge is 2.11. The predicted octanol–water partition coefficient (Wildman–Crippen LogP) is 7.18. The molecule has 0 fully saturated rings. The van der Waals surface area contributed by atoms with Crippen LogP contribution in [0.5, 0.6) is 0 Å². The van der Waals surface area contributed by atoms with Crippen molar-refractivity contribution in [2.45, 2.75) is 25.7 Å². The van der Waals surface area contributed by atoms with Crippen LogP contribution in [0, 0.1) is 0 Å². The summed E-state index contributed by atoms with van der Waals surface area (Å²) in [4.78, 5) is 0. The monoisotopic (exact) mass is 332 g/mol. The zero-order valence-electron chi connectivity index (χ0n) is 14.8. The second-order valence-corrected chi connectivity index (χ2v) is 7.77. The van der Waals surface area contributed by atoms with Crippen LogP contribution in [-0.2, 0) is 12.8 Å². The zero-order valence-corrected chi connectivity index (χ0v) is 14.8. The second-order valence-electron chi connectivity index (χ2n) is 7.77. The Bertz CT molecular complexity index is 1220. The van der Waals surface area contributed by atoms with Crippen LogP contribution in [0.1, 0.15) is 24.0 Å². The van der Waals surface area contributed by atoms with E-state index in [4.69, 9.17) is 0 Å². The van der Waals surface area contributed by atoms with Gasteiger partial charge in [-0.1, -0.05) is 36.4 Å². The molecule has 0 bridgehead atoms. The molecule has 6 rings (SSSR count). The van der Waals surface area contributed by atoms with Gasteiger partial charge in [0.2, 0.25) is 0 Å². The smallest absolute Gasteiger partial charge is 0.0171 e. The van der Waals surface area contributed by atoms with Crippen molar-refractivity contribution in [2.24, 2.45) is 0 Å². The van der Waals surface area contributed by atoms with Gasteiger partial charge in [0.05, 0.1) is 0 Å². The van der Waals surface area contributed by atoms with Gasteiger partial charge in [0.25, 0.3) is 0 Å². The quantitative estimate of drug-likeness (QED) is 0.263. The van der Waals surface area contributed by atoms with E-state index in [-0.39, 0.29) is 0 Å². The molecule has 0 aromatic heterocycles. The predicted molar refractivity (Wildman–Crippen MR) is 113 cm³/mol. The highest BCUT2D eigenvalue weighted by Crippen LogP contribution is 2.32. The van der Waals surface area contributed by atoms with Gasteiger partial charge in [-0.05, 0) is 116 Å². The number of hydrogen-bond acceptors (Lipinski definition) is 0. The first-order valence-electron chi connectivity index (χ1n) is 9.65. The van der Waals surface area contributed by atoms with Gasteiger partial charge in [-0.2, -0.15) is 0 Å². The zero-order chi connectivity index (χ0) is 17.1. The highest BCUT2D eigenvalue weighted by atomic mass is 14.2. The molecule has 0 heteroatoms. The Balaban J connectivity index is 1.66. The maximum atomic E-state index is 2.44. The fourth-order valence-corrected chi connectivity index (χ4v) is 4.69. The molecule has 124 valence electrons. The fraction of sp³-hybridized carbons (Fsp3) is 0.154. The molecule has 0 saturated heterocycles. The largest absolute Gasteiger partial charge is 0.0616 e. The van der Waals surface area contributed by atoms with E-state index in [1.807, 2.05) is 0 Å². The average molecular weight is 332 g/mol. The second kappa shape index (κ2) is 5.32. The van der Waals surface area contributed by atoms with Crippen molar-refractivity contribution in [3.05, 3.63) is 83.9 Å². The van der Waals surface area contributed by atoms with Crippen molar-refractivity contribution in [3.63, 3.8) is 0 Å². The van der Waals surface area contributed by atoms with E-state index in [0.717, 1.165) is 0 Å². The lowest BCUT2D eigenvalue weighted by Crippen LogP contribution is -2.02. The molecular formula is C26H20. The molecule has 0 nitrogen and oxygen atoms in total. The molecule has 0 atom stereocenters. The molecule has 0 spiro atoms. The maximum absolute atomic E-state index is 2.44. The summed E-state index contributed by atoms with van der Waals surface area (Å²) in [5, 5.41) is 10.7. The summed E-state index contributed by atoms with van der Waals surface area (Å²) >= 11 is 0. The molecule has 0 unspecified atom stereocenters. The van der Waals surface area contributed by atoms with E-state index in [2.05, 4.69) is 72.8 Å². The molecule has 0 N–H and O–H groups in total. The molecule has 0 heterocycles. The van der Waals surface area contributed by atoms with Crippen molar-refractivity contribution in [2.75, 3.05) is 0 Å². The Hall–Kier alpha value is -2.86. The van der Waals surface area contributed by atoms with E-state index in [1.54, 1.807) is 11.1 Å². The van der Waals surface area contributed by atoms with Gasteiger partial charge in [0.1, 0.15) is 0 Å². The first-order valence-corrected chi connectivity index (χ1v) is 9.65. The number of aryl methyl sites for hydroxylation is 2.